The topological polar surface area (TPSA) is 64.7 Å². The van der Waals surface area contributed by atoms with Gasteiger partial charge in [0.1, 0.15) is 11.0 Å². The van der Waals surface area contributed by atoms with Crippen LogP contribution in [0.5, 0.6) is 0 Å². The molecule has 0 aliphatic rings. The van der Waals surface area contributed by atoms with Crippen molar-refractivity contribution in [2.24, 2.45) is 0 Å². The monoisotopic (exact) mass is 293 g/mol. The first kappa shape index (κ1) is 12.9. The predicted octanol–water partition coefficient (Wildman–Crippen LogP) is 1.74. The van der Waals surface area contributed by atoms with Crippen LogP contribution in [0.25, 0.3) is 22.1 Å². The first-order valence-corrected chi connectivity index (χ1v) is 7.02. The molecule has 0 bridgehead atoms. The molecule has 7 nitrogen and oxygen atoms in total. The Morgan fingerprint density at radius 2 is 1.23 bits per heavy atom. The van der Waals surface area contributed by atoms with Crippen molar-refractivity contribution >= 4 is 22.1 Å². The van der Waals surface area contributed by atoms with E-state index < -0.39 is 0 Å². The van der Waals surface area contributed by atoms with E-state index in [0.717, 1.165) is 22.1 Å². The van der Waals surface area contributed by atoms with E-state index in [1.807, 2.05) is 76.9 Å². The van der Waals surface area contributed by atoms with Crippen LogP contribution in [0.2, 0.25) is 0 Å². The maximum Gasteiger partial charge on any atom is 0.204 e. The highest BCUT2D eigenvalue weighted by Crippen LogP contribution is 2.21. The summed E-state index contributed by atoms with van der Waals surface area (Å²) in [6, 6.07) is 15.8. The molecule has 110 valence electrons. The lowest BCUT2D eigenvalue weighted by atomic mass is 10.3. The van der Waals surface area contributed by atoms with Crippen molar-refractivity contribution in [2.45, 2.75) is 6.29 Å². The van der Waals surface area contributed by atoms with Crippen molar-refractivity contribution < 1.29 is 0 Å². The van der Waals surface area contributed by atoms with Crippen molar-refractivity contribution in [3.8, 4) is 0 Å². The molecule has 22 heavy (non-hydrogen) atoms. The van der Waals surface area contributed by atoms with E-state index in [-0.39, 0.29) is 6.29 Å². The number of hydrogen-bond acceptors (Lipinski definition) is 5. The van der Waals surface area contributed by atoms with E-state index in [1.165, 1.54) is 0 Å². The number of benzene rings is 2. The van der Waals surface area contributed by atoms with Crippen LogP contribution in [0.1, 0.15) is 6.29 Å². The van der Waals surface area contributed by atoms with Gasteiger partial charge in [-0.3, -0.25) is 4.90 Å². The lowest BCUT2D eigenvalue weighted by Gasteiger charge is -2.24. The van der Waals surface area contributed by atoms with E-state index in [1.54, 1.807) is 0 Å². The van der Waals surface area contributed by atoms with Gasteiger partial charge in [0.2, 0.25) is 6.29 Å². The Balaban J connectivity index is 1.95. The van der Waals surface area contributed by atoms with Gasteiger partial charge in [0.15, 0.2) is 0 Å². The number of para-hydroxylation sites is 2. The third-order valence-electron chi connectivity index (χ3n) is 3.65. The molecule has 7 heteroatoms. The number of aromatic nitrogens is 6. The zero-order valence-corrected chi connectivity index (χ0v) is 12.3. The normalized spacial score (nSPS) is 12.0. The minimum atomic E-state index is -0.236. The van der Waals surface area contributed by atoms with Crippen molar-refractivity contribution in [1.82, 2.24) is 34.9 Å². The van der Waals surface area contributed by atoms with Gasteiger partial charge in [0.25, 0.3) is 0 Å². The zero-order chi connectivity index (χ0) is 15.1. The van der Waals surface area contributed by atoms with Gasteiger partial charge in [0.05, 0.1) is 11.0 Å². The van der Waals surface area contributed by atoms with Gasteiger partial charge in [-0.2, -0.15) is 0 Å². The van der Waals surface area contributed by atoms with E-state index in [4.69, 9.17) is 0 Å². The lowest BCUT2D eigenvalue weighted by Crippen LogP contribution is -2.33. The van der Waals surface area contributed by atoms with Crippen molar-refractivity contribution in [1.29, 1.82) is 0 Å². The first-order valence-electron chi connectivity index (χ1n) is 7.02. The standard InChI is InChI=1S/C15H15N7/c1-20(2)15(21-13-9-5-3-7-11(13)16-18-21)22-14-10-6-4-8-12(14)17-19-22/h3-10,15H,1-2H3. The number of nitrogens with zero attached hydrogens (tertiary/aromatic N) is 7. The fourth-order valence-electron chi connectivity index (χ4n) is 2.66. The molecule has 0 saturated carbocycles. The fraction of sp³-hybridized carbons (Fsp3) is 0.200. The van der Waals surface area contributed by atoms with Crippen molar-refractivity contribution in [3.05, 3.63) is 48.5 Å². The summed E-state index contributed by atoms with van der Waals surface area (Å²) in [5, 5.41) is 17.1. The molecule has 4 rings (SSSR count). The average Bonchev–Trinajstić information content (AvgIpc) is 3.13. The van der Waals surface area contributed by atoms with Gasteiger partial charge in [-0.15, -0.1) is 10.2 Å². The predicted molar refractivity (Wildman–Crippen MR) is 83.2 cm³/mol. The van der Waals surface area contributed by atoms with Gasteiger partial charge in [-0.1, -0.05) is 34.7 Å². The molecule has 0 aliphatic heterocycles. The Morgan fingerprint density at radius 3 is 1.68 bits per heavy atom. The summed E-state index contributed by atoms with van der Waals surface area (Å²) in [5.74, 6) is 0. The maximum absolute atomic E-state index is 4.32. The van der Waals surface area contributed by atoms with Crippen LogP contribution in [0, 0.1) is 0 Å². The molecule has 0 aliphatic carbocycles. The highest BCUT2D eigenvalue weighted by Gasteiger charge is 2.22. The second-order valence-corrected chi connectivity index (χ2v) is 5.36. The number of hydrogen-bond donors (Lipinski definition) is 0. The third kappa shape index (κ3) is 1.86. The average molecular weight is 293 g/mol. The molecule has 0 unspecified atom stereocenters. The Morgan fingerprint density at radius 1 is 0.773 bits per heavy atom. The molecule has 0 saturated heterocycles. The SMILES string of the molecule is CN(C)C(n1nnc2ccccc21)n1nnc2ccccc21. The van der Waals surface area contributed by atoms with Gasteiger partial charge >= 0.3 is 0 Å². The Labute approximate surface area is 126 Å². The molecule has 4 aromatic rings. The van der Waals surface area contributed by atoms with Gasteiger partial charge in [-0.05, 0) is 38.4 Å². The van der Waals surface area contributed by atoms with Crippen LogP contribution in [-0.4, -0.2) is 49.0 Å². The lowest BCUT2D eigenvalue weighted by molar-refractivity contribution is 0.154. The van der Waals surface area contributed by atoms with Crippen molar-refractivity contribution in [3.63, 3.8) is 0 Å². The summed E-state index contributed by atoms with van der Waals surface area (Å²) in [6.45, 7) is 0. The van der Waals surface area contributed by atoms with Gasteiger partial charge in [0, 0.05) is 0 Å². The molecule has 0 amide bonds. The van der Waals surface area contributed by atoms with Crippen LogP contribution in [-0.2, 0) is 0 Å². The van der Waals surface area contributed by atoms with E-state index in [9.17, 15) is 0 Å². The second-order valence-electron chi connectivity index (χ2n) is 5.36. The van der Waals surface area contributed by atoms with Gasteiger partial charge in [-0.25, -0.2) is 9.36 Å². The van der Waals surface area contributed by atoms with Crippen LogP contribution < -0.4 is 0 Å². The van der Waals surface area contributed by atoms with E-state index in [0.29, 0.717) is 0 Å². The quantitative estimate of drug-likeness (QED) is 0.575. The largest absolute Gasteiger partial charge is 0.269 e. The molecule has 2 aromatic heterocycles. The third-order valence-corrected chi connectivity index (χ3v) is 3.65. The smallest absolute Gasteiger partial charge is 0.204 e. The second kappa shape index (κ2) is 4.88. The summed E-state index contributed by atoms with van der Waals surface area (Å²) in [4.78, 5) is 2.03. The molecule has 0 fully saturated rings. The summed E-state index contributed by atoms with van der Waals surface area (Å²) >= 11 is 0. The molecule has 2 heterocycles. The number of rotatable bonds is 3. The zero-order valence-electron chi connectivity index (χ0n) is 12.3. The highest BCUT2D eigenvalue weighted by atomic mass is 15.6. The maximum atomic E-state index is 4.32. The summed E-state index contributed by atoms with van der Waals surface area (Å²) in [6.07, 6.45) is -0.236. The summed E-state index contributed by atoms with van der Waals surface area (Å²) in [7, 11) is 3.97. The molecular weight excluding hydrogens is 278 g/mol. The van der Waals surface area contributed by atoms with E-state index >= 15 is 0 Å². The molecule has 0 radical (unpaired) electrons. The molecule has 0 spiro atoms. The Bertz CT molecular complexity index is 863. The fourth-order valence-corrected chi connectivity index (χ4v) is 2.66. The van der Waals surface area contributed by atoms with Crippen LogP contribution in [0.15, 0.2) is 48.5 Å². The Kier molecular flexibility index (Phi) is 2.87. The highest BCUT2D eigenvalue weighted by molar-refractivity contribution is 5.75. The first-order chi connectivity index (χ1) is 10.8. The van der Waals surface area contributed by atoms with Crippen LogP contribution in [0.4, 0.5) is 0 Å². The molecule has 0 atom stereocenters. The van der Waals surface area contributed by atoms with E-state index in [2.05, 4.69) is 20.6 Å². The minimum absolute atomic E-state index is 0.236. The number of fused-ring (bicyclic) bond motifs is 2. The minimum Gasteiger partial charge on any atom is -0.269 e. The molecule has 0 N–H and O–H groups in total. The molecule has 2 aromatic carbocycles. The van der Waals surface area contributed by atoms with Gasteiger partial charge < -0.3 is 0 Å². The van der Waals surface area contributed by atoms with Crippen molar-refractivity contribution in [2.75, 3.05) is 14.1 Å². The van der Waals surface area contributed by atoms with Crippen LogP contribution >= 0.6 is 0 Å². The van der Waals surface area contributed by atoms with Crippen LogP contribution in [0.3, 0.4) is 0 Å². The Hall–Kier alpha value is -2.80. The summed E-state index contributed by atoms with van der Waals surface area (Å²) < 4.78 is 3.72. The summed E-state index contributed by atoms with van der Waals surface area (Å²) in [5.41, 5.74) is 3.64. The molecular formula is C15H15N7.